The van der Waals surface area contributed by atoms with Crippen LogP contribution >= 0.6 is 0 Å². The Hall–Kier alpha value is -1.39. The van der Waals surface area contributed by atoms with Crippen LogP contribution in [0.1, 0.15) is 25.0 Å². The standard InChI is InChI=1S/C13H16N2O2/c1-2-6-11-10(5-1)12(15-14-11)9-17-13-7-3-4-8-16-13/h1-2,5-6,13H,3-4,7-9H2,(H,14,15). The molecule has 1 saturated heterocycles. The first-order chi connectivity index (χ1) is 8.43. The van der Waals surface area contributed by atoms with Crippen LogP contribution in [0.5, 0.6) is 0 Å². The molecule has 1 N–H and O–H groups in total. The molecule has 1 aliphatic rings. The number of hydrogen-bond acceptors (Lipinski definition) is 3. The van der Waals surface area contributed by atoms with E-state index in [1.165, 1.54) is 6.42 Å². The summed E-state index contributed by atoms with van der Waals surface area (Å²) in [7, 11) is 0. The molecule has 0 radical (unpaired) electrons. The molecule has 17 heavy (non-hydrogen) atoms. The van der Waals surface area contributed by atoms with Gasteiger partial charge >= 0.3 is 0 Å². The van der Waals surface area contributed by atoms with Gasteiger partial charge in [-0.25, -0.2) is 0 Å². The molecular formula is C13H16N2O2. The number of fused-ring (bicyclic) bond motifs is 1. The molecule has 1 aromatic heterocycles. The van der Waals surface area contributed by atoms with Crippen LogP contribution in [0.15, 0.2) is 24.3 Å². The second-order valence-electron chi connectivity index (χ2n) is 4.33. The van der Waals surface area contributed by atoms with Crippen LogP contribution in [0.2, 0.25) is 0 Å². The van der Waals surface area contributed by atoms with Crippen LogP contribution in [-0.2, 0) is 16.1 Å². The highest BCUT2D eigenvalue weighted by Gasteiger charge is 2.15. The van der Waals surface area contributed by atoms with Crippen LogP contribution in [0.3, 0.4) is 0 Å². The lowest BCUT2D eigenvalue weighted by Gasteiger charge is -2.22. The summed E-state index contributed by atoms with van der Waals surface area (Å²) in [4.78, 5) is 0. The summed E-state index contributed by atoms with van der Waals surface area (Å²) in [5, 5.41) is 8.39. The number of ether oxygens (including phenoxy) is 2. The second kappa shape index (κ2) is 4.85. The largest absolute Gasteiger partial charge is 0.353 e. The molecule has 0 amide bonds. The highest BCUT2D eigenvalue weighted by molar-refractivity contribution is 5.80. The fraction of sp³-hybridized carbons (Fsp3) is 0.462. The monoisotopic (exact) mass is 232 g/mol. The molecule has 3 rings (SSSR count). The maximum absolute atomic E-state index is 5.74. The van der Waals surface area contributed by atoms with Crippen molar-refractivity contribution in [1.29, 1.82) is 0 Å². The predicted molar refractivity (Wildman–Crippen MR) is 64.5 cm³/mol. The minimum Gasteiger partial charge on any atom is -0.353 e. The highest BCUT2D eigenvalue weighted by atomic mass is 16.7. The maximum atomic E-state index is 5.74. The zero-order valence-electron chi connectivity index (χ0n) is 9.69. The van der Waals surface area contributed by atoms with E-state index in [-0.39, 0.29) is 6.29 Å². The van der Waals surface area contributed by atoms with Crippen molar-refractivity contribution in [2.75, 3.05) is 6.61 Å². The SMILES string of the molecule is c1ccc2c(COC3CCCCO3)[nH]nc2c1. The van der Waals surface area contributed by atoms with Crippen molar-refractivity contribution in [3.63, 3.8) is 0 Å². The molecule has 1 aliphatic heterocycles. The molecule has 1 unspecified atom stereocenters. The van der Waals surface area contributed by atoms with Gasteiger partial charge in [0.1, 0.15) is 0 Å². The Morgan fingerprint density at radius 3 is 3.18 bits per heavy atom. The van der Waals surface area contributed by atoms with Gasteiger partial charge in [-0.1, -0.05) is 18.2 Å². The summed E-state index contributed by atoms with van der Waals surface area (Å²) in [5.41, 5.74) is 2.01. The number of hydrogen-bond donors (Lipinski definition) is 1. The summed E-state index contributed by atoms with van der Waals surface area (Å²) in [6, 6.07) is 8.04. The third kappa shape index (κ3) is 2.33. The van der Waals surface area contributed by atoms with Crippen molar-refractivity contribution >= 4 is 10.9 Å². The average Bonchev–Trinajstić information content (AvgIpc) is 2.81. The molecule has 1 fully saturated rings. The quantitative estimate of drug-likeness (QED) is 0.884. The van der Waals surface area contributed by atoms with Crippen LogP contribution < -0.4 is 0 Å². The van der Waals surface area contributed by atoms with E-state index in [4.69, 9.17) is 9.47 Å². The maximum Gasteiger partial charge on any atom is 0.158 e. The van der Waals surface area contributed by atoms with Crippen molar-refractivity contribution < 1.29 is 9.47 Å². The van der Waals surface area contributed by atoms with Gasteiger partial charge in [0.15, 0.2) is 6.29 Å². The number of para-hydroxylation sites is 1. The van der Waals surface area contributed by atoms with Gasteiger partial charge in [0.25, 0.3) is 0 Å². The number of rotatable bonds is 3. The van der Waals surface area contributed by atoms with Gasteiger partial charge in [-0.2, -0.15) is 5.10 Å². The topological polar surface area (TPSA) is 47.1 Å². The van der Waals surface area contributed by atoms with E-state index in [0.29, 0.717) is 6.61 Å². The van der Waals surface area contributed by atoms with Gasteiger partial charge < -0.3 is 9.47 Å². The third-order valence-electron chi connectivity index (χ3n) is 3.09. The molecule has 2 aromatic rings. The Labute approximate surface area is 99.9 Å². The lowest BCUT2D eigenvalue weighted by atomic mass is 10.2. The molecule has 4 nitrogen and oxygen atoms in total. The van der Waals surface area contributed by atoms with Crippen molar-refractivity contribution in [3.05, 3.63) is 30.0 Å². The van der Waals surface area contributed by atoms with Gasteiger partial charge in [-0.05, 0) is 25.3 Å². The molecule has 0 spiro atoms. The summed E-state index contributed by atoms with van der Waals surface area (Å²) in [6.45, 7) is 1.35. The number of nitrogens with one attached hydrogen (secondary N) is 1. The van der Waals surface area contributed by atoms with Crippen molar-refractivity contribution in [2.24, 2.45) is 0 Å². The second-order valence-corrected chi connectivity index (χ2v) is 4.33. The predicted octanol–water partition coefficient (Wildman–Crippen LogP) is 2.61. The summed E-state index contributed by atoms with van der Waals surface area (Å²) >= 11 is 0. The van der Waals surface area contributed by atoms with Crippen molar-refractivity contribution in [3.8, 4) is 0 Å². The smallest absolute Gasteiger partial charge is 0.158 e. The van der Waals surface area contributed by atoms with E-state index in [9.17, 15) is 0 Å². The van der Waals surface area contributed by atoms with Crippen LogP contribution in [0.4, 0.5) is 0 Å². The minimum absolute atomic E-state index is 0.0502. The van der Waals surface area contributed by atoms with E-state index in [0.717, 1.165) is 36.0 Å². The van der Waals surface area contributed by atoms with E-state index in [2.05, 4.69) is 16.3 Å². The first kappa shape index (κ1) is 10.7. The average molecular weight is 232 g/mol. The van der Waals surface area contributed by atoms with E-state index in [1.54, 1.807) is 0 Å². The molecule has 1 aromatic carbocycles. The van der Waals surface area contributed by atoms with Crippen molar-refractivity contribution in [2.45, 2.75) is 32.2 Å². The number of nitrogens with zero attached hydrogens (tertiary/aromatic N) is 1. The Morgan fingerprint density at radius 1 is 1.35 bits per heavy atom. The minimum atomic E-state index is -0.0502. The van der Waals surface area contributed by atoms with Gasteiger partial charge in [0.2, 0.25) is 0 Å². The summed E-state index contributed by atoms with van der Waals surface area (Å²) < 4.78 is 11.3. The van der Waals surface area contributed by atoms with E-state index in [1.807, 2.05) is 18.2 Å². The van der Waals surface area contributed by atoms with Crippen molar-refractivity contribution in [1.82, 2.24) is 10.2 Å². The molecule has 0 bridgehead atoms. The van der Waals surface area contributed by atoms with Crippen LogP contribution in [0, 0.1) is 0 Å². The molecule has 0 aliphatic carbocycles. The Balaban J connectivity index is 1.68. The normalized spacial score (nSPS) is 20.8. The first-order valence-electron chi connectivity index (χ1n) is 6.09. The molecule has 90 valence electrons. The third-order valence-corrected chi connectivity index (χ3v) is 3.09. The molecule has 2 heterocycles. The van der Waals surface area contributed by atoms with E-state index >= 15 is 0 Å². The molecule has 0 saturated carbocycles. The van der Waals surface area contributed by atoms with Gasteiger partial charge in [-0.3, -0.25) is 5.10 Å². The van der Waals surface area contributed by atoms with Crippen LogP contribution in [0.25, 0.3) is 10.9 Å². The lowest BCUT2D eigenvalue weighted by molar-refractivity contribution is -0.169. The van der Waals surface area contributed by atoms with Gasteiger partial charge in [-0.15, -0.1) is 0 Å². The number of aromatic nitrogens is 2. The van der Waals surface area contributed by atoms with Gasteiger partial charge in [0, 0.05) is 12.0 Å². The zero-order chi connectivity index (χ0) is 11.5. The highest BCUT2D eigenvalue weighted by Crippen LogP contribution is 2.19. The van der Waals surface area contributed by atoms with E-state index < -0.39 is 0 Å². The number of aromatic amines is 1. The summed E-state index contributed by atoms with van der Waals surface area (Å²) in [5.74, 6) is 0. The first-order valence-corrected chi connectivity index (χ1v) is 6.09. The Morgan fingerprint density at radius 2 is 2.29 bits per heavy atom. The van der Waals surface area contributed by atoms with Crippen LogP contribution in [-0.4, -0.2) is 23.1 Å². The molecular weight excluding hydrogens is 216 g/mol. The fourth-order valence-corrected chi connectivity index (χ4v) is 2.14. The van der Waals surface area contributed by atoms with Gasteiger partial charge in [0.05, 0.1) is 17.8 Å². The lowest BCUT2D eigenvalue weighted by Crippen LogP contribution is -2.22. The zero-order valence-corrected chi connectivity index (χ0v) is 9.69. The fourth-order valence-electron chi connectivity index (χ4n) is 2.14. The summed E-state index contributed by atoms with van der Waals surface area (Å²) in [6.07, 6.45) is 3.28. The number of benzene rings is 1. The molecule has 4 heteroatoms. The Bertz CT molecular complexity index is 489. The Kier molecular flexibility index (Phi) is 3.07. The number of H-pyrrole nitrogens is 1. The molecule has 1 atom stereocenters.